The van der Waals surface area contributed by atoms with E-state index in [1.165, 1.54) is 17.4 Å². The average Bonchev–Trinajstić information content (AvgIpc) is 3.35. The van der Waals surface area contributed by atoms with Crippen molar-refractivity contribution in [3.63, 3.8) is 0 Å². The molecule has 8 heteroatoms. The maximum atomic E-state index is 13.8. The maximum absolute atomic E-state index is 13.8. The molecule has 5 rings (SSSR count). The number of hydrogen-bond donors (Lipinski definition) is 1. The van der Waals surface area contributed by atoms with Gasteiger partial charge < -0.3 is 0 Å². The number of carbonyl (C=O) groups excluding carboxylic acids is 1. The SMILES string of the molecule is Cc1ccccc1N(C(=O)Cc1c(C)nc2cc(=O)[nH]n2c1C)c1nc2ccccc2s1. The van der Waals surface area contributed by atoms with E-state index in [1.807, 2.05) is 69.3 Å². The van der Waals surface area contributed by atoms with Crippen LogP contribution in [0.3, 0.4) is 0 Å². The lowest BCUT2D eigenvalue weighted by atomic mass is 10.1. The van der Waals surface area contributed by atoms with Crippen molar-refractivity contribution >= 4 is 43.9 Å². The molecule has 0 atom stereocenters. The van der Waals surface area contributed by atoms with Gasteiger partial charge in [-0.3, -0.25) is 19.6 Å². The third-order valence-electron chi connectivity index (χ3n) is 5.61. The summed E-state index contributed by atoms with van der Waals surface area (Å²) in [5.74, 6) is -0.111. The second kappa shape index (κ2) is 7.72. The van der Waals surface area contributed by atoms with Crippen LogP contribution in [0.25, 0.3) is 15.9 Å². The van der Waals surface area contributed by atoms with Gasteiger partial charge in [0.1, 0.15) is 0 Å². The summed E-state index contributed by atoms with van der Waals surface area (Å²) in [6, 6.07) is 17.1. The molecule has 160 valence electrons. The number of aromatic nitrogens is 4. The number of aromatic amines is 1. The van der Waals surface area contributed by atoms with Gasteiger partial charge in [-0.15, -0.1) is 0 Å². The van der Waals surface area contributed by atoms with Crippen molar-refractivity contribution in [1.82, 2.24) is 19.6 Å². The number of benzene rings is 2. The number of H-pyrrole nitrogens is 1. The van der Waals surface area contributed by atoms with Gasteiger partial charge in [-0.1, -0.05) is 41.7 Å². The van der Waals surface area contributed by atoms with Crippen molar-refractivity contribution in [2.45, 2.75) is 27.2 Å². The van der Waals surface area contributed by atoms with E-state index in [0.717, 1.165) is 38.4 Å². The molecule has 3 aromatic heterocycles. The van der Waals surface area contributed by atoms with E-state index in [4.69, 9.17) is 4.98 Å². The minimum atomic E-state index is -0.223. The predicted molar refractivity (Wildman–Crippen MR) is 127 cm³/mol. The van der Waals surface area contributed by atoms with E-state index in [-0.39, 0.29) is 17.9 Å². The Bertz CT molecular complexity index is 1510. The van der Waals surface area contributed by atoms with Crippen LogP contribution in [0.2, 0.25) is 0 Å². The van der Waals surface area contributed by atoms with Gasteiger partial charge in [0.05, 0.1) is 22.3 Å². The van der Waals surface area contributed by atoms with E-state index < -0.39 is 0 Å². The largest absolute Gasteiger partial charge is 0.274 e. The van der Waals surface area contributed by atoms with Crippen molar-refractivity contribution in [2.24, 2.45) is 0 Å². The number of thiazole rings is 1. The summed E-state index contributed by atoms with van der Waals surface area (Å²) < 4.78 is 2.66. The van der Waals surface area contributed by atoms with Gasteiger partial charge in [0.2, 0.25) is 5.91 Å². The molecule has 0 radical (unpaired) electrons. The Kier molecular flexibility index (Phi) is 4.86. The number of nitrogens with one attached hydrogen (secondary N) is 1. The van der Waals surface area contributed by atoms with Crippen LogP contribution in [0.1, 0.15) is 22.5 Å². The molecule has 5 aromatic rings. The van der Waals surface area contributed by atoms with Crippen LogP contribution < -0.4 is 10.5 Å². The first-order valence-electron chi connectivity index (χ1n) is 10.2. The number of hydrogen-bond acceptors (Lipinski definition) is 5. The van der Waals surface area contributed by atoms with Gasteiger partial charge in [-0.25, -0.2) is 14.5 Å². The quantitative estimate of drug-likeness (QED) is 0.444. The van der Waals surface area contributed by atoms with E-state index in [0.29, 0.717) is 10.8 Å². The van der Waals surface area contributed by atoms with E-state index in [9.17, 15) is 9.59 Å². The fourth-order valence-electron chi connectivity index (χ4n) is 3.96. The minimum absolute atomic E-state index is 0.111. The number of amides is 1. The van der Waals surface area contributed by atoms with Crippen molar-refractivity contribution < 1.29 is 4.79 Å². The molecule has 0 saturated carbocycles. The molecule has 3 heterocycles. The number of anilines is 2. The first-order chi connectivity index (χ1) is 15.4. The molecule has 0 aliphatic carbocycles. The molecule has 1 N–H and O–H groups in total. The Morgan fingerprint density at radius 2 is 1.81 bits per heavy atom. The highest BCUT2D eigenvalue weighted by Gasteiger charge is 2.25. The van der Waals surface area contributed by atoms with Crippen molar-refractivity contribution in [1.29, 1.82) is 0 Å². The summed E-state index contributed by atoms with van der Waals surface area (Å²) in [5.41, 5.74) is 5.27. The Hall–Kier alpha value is -3.78. The molecule has 0 aliphatic heterocycles. The highest BCUT2D eigenvalue weighted by atomic mass is 32.1. The monoisotopic (exact) mass is 443 g/mol. The molecule has 0 saturated heterocycles. The van der Waals surface area contributed by atoms with Crippen molar-refractivity contribution in [3.05, 3.63) is 87.5 Å². The number of carbonyl (C=O) groups is 1. The van der Waals surface area contributed by atoms with Gasteiger partial charge in [-0.2, -0.15) is 0 Å². The molecular formula is C24H21N5O2S. The van der Waals surface area contributed by atoms with Gasteiger partial charge >= 0.3 is 0 Å². The Morgan fingerprint density at radius 1 is 1.06 bits per heavy atom. The highest BCUT2D eigenvalue weighted by molar-refractivity contribution is 7.22. The second-order valence-electron chi connectivity index (χ2n) is 7.73. The zero-order valence-corrected chi connectivity index (χ0v) is 18.7. The van der Waals surface area contributed by atoms with E-state index in [1.54, 1.807) is 9.42 Å². The van der Waals surface area contributed by atoms with Gasteiger partial charge in [0.25, 0.3) is 5.56 Å². The average molecular weight is 444 g/mol. The smallest absolute Gasteiger partial charge is 0.266 e. The molecule has 7 nitrogen and oxygen atoms in total. The summed E-state index contributed by atoms with van der Waals surface area (Å²) >= 11 is 1.49. The van der Waals surface area contributed by atoms with Crippen LogP contribution in [0, 0.1) is 20.8 Å². The summed E-state index contributed by atoms with van der Waals surface area (Å²) in [6.45, 7) is 5.73. The lowest BCUT2D eigenvalue weighted by Crippen LogP contribution is -2.29. The lowest BCUT2D eigenvalue weighted by molar-refractivity contribution is -0.117. The summed E-state index contributed by atoms with van der Waals surface area (Å²) in [4.78, 5) is 36.5. The van der Waals surface area contributed by atoms with Crippen molar-refractivity contribution in [2.75, 3.05) is 4.90 Å². The molecular weight excluding hydrogens is 422 g/mol. The van der Waals surface area contributed by atoms with Crippen LogP contribution in [0.15, 0.2) is 59.4 Å². The first kappa shape index (κ1) is 20.1. The lowest BCUT2D eigenvalue weighted by Gasteiger charge is -2.23. The predicted octanol–water partition coefficient (Wildman–Crippen LogP) is 4.46. The number of nitrogens with zero attached hydrogens (tertiary/aromatic N) is 4. The molecule has 2 aromatic carbocycles. The van der Waals surface area contributed by atoms with Crippen LogP contribution in [0.4, 0.5) is 10.8 Å². The first-order valence-corrected chi connectivity index (χ1v) is 11.1. The number of para-hydroxylation sites is 2. The van der Waals surface area contributed by atoms with Crippen LogP contribution in [-0.4, -0.2) is 25.5 Å². The third-order valence-corrected chi connectivity index (χ3v) is 6.63. The summed E-state index contributed by atoms with van der Waals surface area (Å²) in [6.07, 6.45) is 0.130. The van der Waals surface area contributed by atoms with Crippen LogP contribution in [-0.2, 0) is 11.2 Å². The normalized spacial score (nSPS) is 11.3. The number of rotatable bonds is 4. The zero-order chi connectivity index (χ0) is 22.4. The topological polar surface area (TPSA) is 83.4 Å². The van der Waals surface area contributed by atoms with Crippen LogP contribution in [0.5, 0.6) is 0 Å². The molecule has 0 unspecified atom stereocenters. The maximum Gasteiger partial charge on any atom is 0.266 e. The molecule has 32 heavy (non-hydrogen) atoms. The molecule has 0 fully saturated rings. The van der Waals surface area contributed by atoms with Gasteiger partial charge in [0, 0.05) is 23.0 Å². The number of aryl methyl sites for hydroxylation is 3. The molecule has 1 amide bonds. The van der Waals surface area contributed by atoms with Gasteiger partial charge in [-0.05, 0) is 44.5 Å². The highest BCUT2D eigenvalue weighted by Crippen LogP contribution is 2.35. The second-order valence-corrected chi connectivity index (χ2v) is 8.74. The summed E-state index contributed by atoms with van der Waals surface area (Å²) in [7, 11) is 0. The minimum Gasteiger partial charge on any atom is -0.274 e. The standard InChI is InChI=1S/C24H21N5O2S/c1-14-8-4-6-10-19(14)28(24-26-18-9-5-7-11-20(18)32-24)23(31)12-17-15(2)25-21-13-22(30)27-29(21)16(17)3/h4-11,13H,12H2,1-3H3,(H,27,30). The van der Waals surface area contributed by atoms with Crippen LogP contribution >= 0.6 is 11.3 Å². The molecule has 0 spiro atoms. The van der Waals surface area contributed by atoms with Crippen molar-refractivity contribution in [3.8, 4) is 0 Å². The van der Waals surface area contributed by atoms with Gasteiger partial charge in [0.15, 0.2) is 10.8 Å². The molecule has 0 aliphatic rings. The Labute approximate surface area is 188 Å². The van der Waals surface area contributed by atoms with E-state index >= 15 is 0 Å². The zero-order valence-electron chi connectivity index (χ0n) is 17.9. The molecule has 0 bridgehead atoms. The fraction of sp³-hybridized carbons (Fsp3) is 0.167. The van der Waals surface area contributed by atoms with E-state index in [2.05, 4.69) is 10.1 Å². The fourth-order valence-corrected chi connectivity index (χ4v) is 4.95. The number of fused-ring (bicyclic) bond motifs is 2. The Balaban J connectivity index is 1.62. The summed E-state index contributed by atoms with van der Waals surface area (Å²) in [5, 5.41) is 3.38. The third kappa shape index (κ3) is 3.38. The Morgan fingerprint density at radius 3 is 2.59 bits per heavy atom.